The third kappa shape index (κ3) is 4.44. The molecule has 1 atom stereocenters. The number of rotatable bonds is 5. The van der Waals surface area contributed by atoms with E-state index in [1.807, 2.05) is 22.9 Å². The standard InChI is InChI=1S/C21H22N4O5S2/c1-13(20(28)24-7-5-23(6-8-24)14(2)26)30-17(27)10-25-12-22-19-18(21(25)29)15(11-32-19)16-4-3-9-31-16/h3-4,9,11-13H,5-8,10H2,1-2H3. The van der Waals surface area contributed by atoms with Crippen LogP contribution in [0.5, 0.6) is 0 Å². The molecule has 3 aromatic heterocycles. The van der Waals surface area contributed by atoms with Crippen LogP contribution < -0.4 is 5.56 Å². The molecule has 1 fully saturated rings. The lowest BCUT2D eigenvalue weighted by atomic mass is 10.2. The van der Waals surface area contributed by atoms with Crippen LogP contribution in [0.1, 0.15) is 13.8 Å². The van der Waals surface area contributed by atoms with E-state index in [9.17, 15) is 19.2 Å². The van der Waals surface area contributed by atoms with Crippen molar-refractivity contribution in [3.63, 3.8) is 0 Å². The van der Waals surface area contributed by atoms with E-state index in [0.29, 0.717) is 36.4 Å². The average Bonchev–Trinajstić information content (AvgIpc) is 3.45. The number of fused-ring (bicyclic) bond motifs is 1. The lowest BCUT2D eigenvalue weighted by molar-refractivity contribution is -0.160. The van der Waals surface area contributed by atoms with Gasteiger partial charge >= 0.3 is 5.97 Å². The van der Waals surface area contributed by atoms with Crippen molar-refractivity contribution in [2.45, 2.75) is 26.5 Å². The Morgan fingerprint density at radius 1 is 1.16 bits per heavy atom. The molecule has 168 valence electrons. The molecule has 0 N–H and O–H groups in total. The first-order valence-electron chi connectivity index (χ1n) is 10.1. The zero-order valence-corrected chi connectivity index (χ0v) is 19.3. The van der Waals surface area contributed by atoms with Gasteiger partial charge in [0.1, 0.15) is 11.4 Å². The van der Waals surface area contributed by atoms with Gasteiger partial charge in [-0.05, 0) is 18.4 Å². The molecule has 11 heteroatoms. The lowest BCUT2D eigenvalue weighted by Crippen LogP contribution is -2.52. The number of ether oxygens (including phenoxy) is 1. The van der Waals surface area contributed by atoms with Crippen molar-refractivity contribution in [3.8, 4) is 10.4 Å². The highest BCUT2D eigenvalue weighted by atomic mass is 32.1. The molecule has 0 radical (unpaired) electrons. The lowest BCUT2D eigenvalue weighted by Gasteiger charge is -2.35. The molecule has 2 amide bonds. The van der Waals surface area contributed by atoms with Crippen LogP contribution in [0.3, 0.4) is 0 Å². The van der Waals surface area contributed by atoms with E-state index in [-0.39, 0.29) is 23.9 Å². The number of piperazine rings is 1. The maximum absolute atomic E-state index is 13.0. The second-order valence-electron chi connectivity index (χ2n) is 7.45. The van der Waals surface area contributed by atoms with Crippen molar-refractivity contribution in [2.24, 2.45) is 0 Å². The molecule has 9 nitrogen and oxygen atoms in total. The molecule has 0 bridgehead atoms. The van der Waals surface area contributed by atoms with Gasteiger partial charge < -0.3 is 14.5 Å². The summed E-state index contributed by atoms with van der Waals surface area (Å²) in [5.41, 5.74) is 0.476. The first-order valence-corrected chi connectivity index (χ1v) is 11.9. The van der Waals surface area contributed by atoms with Gasteiger partial charge in [-0.25, -0.2) is 4.98 Å². The van der Waals surface area contributed by atoms with E-state index in [2.05, 4.69) is 4.98 Å². The van der Waals surface area contributed by atoms with Crippen LogP contribution in [0.25, 0.3) is 20.7 Å². The van der Waals surface area contributed by atoms with Gasteiger partial charge in [-0.2, -0.15) is 0 Å². The fraction of sp³-hybridized carbons (Fsp3) is 0.381. The minimum atomic E-state index is -0.985. The van der Waals surface area contributed by atoms with E-state index >= 15 is 0 Å². The molecule has 4 heterocycles. The van der Waals surface area contributed by atoms with E-state index < -0.39 is 12.1 Å². The second kappa shape index (κ2) is 9.21. The van der Waals surface area contributed by atoms with Crippen molar-refractivity contribution in [1.29, 1.82) is 0 Å². The molecule has 0 aromatic carbocycles. The fourth-order valence-corrected chi connectivity index (χ4v) is 5.34. The number of esters is 1. The highest BCUT2D eigenvalue weighted by Crippen LogP contribution is 2.33. The van der Waals surface area contributed by atoms with Gasteiger partial charge in [-0.3, -0.25) is 23.7 Å². The fourth-order valence-electron chi connectivity index (χ4n) is 3.62. The van der Waals surface area contributed by atoms with Crippen LogP contribution in [-0.2, 0) is 25.7 Å². The van der Waals surface area contributed by atoms with Gasteiger partial charge in [0.2, 0.25) is 5.91 Å². The van der Waals surface area contributed by atoms with E-state index in [4.69, 9.17) is 4.74 Å². The summed E-state index contributed by atoms with van der Waals surface area (Å²) >= 11 is 2.90. The zero-order chi connectivity index (χ0) is 22.8. The van der Waals surface area contributed by atoms with Crippen LogP contribution in [-0.4, -0.2) is 69.4 Å². The number of nitrogens with zero attached hydrogens (tertiary/aromatic N) is 4. The molecular formula is C21H22N4O5S2. The maximum Gasteiger partial charge on any atom is 0.326 e. The summed E-state index contributed by atoms with van der Waals surface area (Å²) in [6.45, 7) is 4.36. The smallest absolute Gasteiger partial charge is 0.326 e. The number of aromatic nitrogens is 2. The molecule has 32 heavy (non-hydrogen) atoms. The maximum atomic E-state index is 13.0. The molecular weight excluding hydrogens is 452 g/mol. The minimum Gasteiger partial charge on any atom is -0.451 e. The molecule has 0 aliphatic carbocycles. The molecule has 1 aliphatic rings. The van der Waals surface area contributed by atoms with Crippen LogP contribution in [0.4, 0.5) is 0 Å². The molecule has 4 rings (SSSR count). The Morgan fingerprint density at radius 2 is 1.88 bits per heavy atom. The van der Waals surface area contributed by atoms with E-state index in [0.717, 1.165) is 10.4 Å². The summed E-state index contributed by atoms with van der Waals surface area (Å²) < 4.78 is 6.51. The Bertz CT molecular complexity index is 1210. The highest BCUT2D eigenvalue weighted by molar-refractivity contribution is 7.18. The highest BCUT2D eigenvalue weighted by Gasteiger charge is 2.28. The number of carbonyl (C=O) groups is 3. The predicted molar refractivity (Wildman–Crippen MR) is 122 cm³/mol. The van der Waals surface area contributed by atoms with Crippen molar-refractivity contribution >= 4 is 50.7 Å². The zero-order valence-electron chi connectivity index (χ0n) is 17.6. The van der Waals surface area contributed by atoms with E-state index in [1.165, 1.54) is 47.4 Å². The van der Waals surface area contributed by atoms with Crippen LogP contribution in [0.15, 0.2) is 34.0 Å². The summed E-state index contributed by atoms with van der Waals surface area (Å²) in [6, 6.07) is 3.84. The predicted octanol–water partition coefficient (Wildman–Crippen LogP) is 1.81. The van der Waals surface area contributed by atoms with Gasteiger partial charge in [0, 0.05) is 48.9 Å². The van der Waals surface area contributed by atoms with Gasteiger partial charge in [0.25, 0.3) is 11.5 Å². The van der Waals surface area contributed by atoms with Crippen LogP contribution in [0, 0.1) is 0 Å². The molecule has 1 aliphatic heterocycles. The Kier molecular flexibility index (Phi) is 6.38. The van der Waals surface area contributed by atoms with Crippen LogP contribution >= 0.6 is 22.7 Å². The summed E-state index contributed by atoms with van der Waals surface area (Å²) in [4.78, 5) is 58.6. The Hall–Kier alpha value is -3.05. The Morgan fingerprint density at radius 3 is 2.53 bits per heavy atom. The monoisotopic (exact) mass is 474 g/mol. The molecule has 1 saturated heterocycles. The van der Waals surface area contributed by atoms with Crippen molar-refractivity contribution in [1.82, 2.24) is 19.4 Å². The van der Waals surface area contributed by atoms with Gasteiger partial charge in [0.15, 0.2) is 6.10 Å². The average molecular weight is 475 g/mol. The SMILES string of the molecule is CC(=O)N1CCN(C(=O)C(C)OC(=O)Cn2cnc3scc(-c4cccs4)c3c2=O)CC1. The summed E-state index contributed by atoms with van der Waals surface area (Å²) in [5, 5.41) is 4.30. The first kappa shape index (κ1) is 22.2. The topological polar surface area (TPSA) is 102 Å². The number of amides is 2. The van der Waals surface area contributed by atoms with E-state index in [1.54, 1.807) is 9.80 Å². The number of hydrogen-bond donors (Lipinski definition) is 0. The van der Waals surface area contributed by atoms with Gasteiger partial charge in [-0.1, -0.05) is 6.07 Å². The number of carbonyl (C=O) groups excluding carboxylic acids is 3. The van der Waals surface area contributed by atoms with Crippen molar-refractivity contribution < 1.29 is 19.1 Å². The van der Waals surface area contributed by atoms with Gasteiger partial charge in [0.05, 0.1) is 11.7 Å². The first-order chi connectivity index (χ1) is 15.3. The van der Waals surface area contributed by atoms with Crippen LogP contribution in [0.2, 0.25) is 0 Å². The van der Waals surface area contributed by atoms with Crippen molar-refractivity contribution in [2.75, 3.05) is 26.2 Å². The third-order valence-corrected chi connectivity index (χ3v) is 7.13. The summed E-state index contributed by atoms with van der Waals surface area (Å²) in [7, 11) is 0. The molecule has 0 spiro atoms. The molecule has 1 unspecified atom stereocenters. The summed E-state index contributed by atoms with van der Waals surface area (Å²) in [5.74, 6) is -1.04. The number of thiophene rings is 2. The summed E-state index contributed by atoms with van der Waals surface area (Å²) in [6.07, 6.45) is 0.343. The molecule has 3 aromatic rings. The minimum absolute atomic E-state index is 0.0274. The Balaban J connectivity index is 1.42. The van der Waals surface area contributed by atoms with Crippen molar-refractivity contribution in [3.05, 3.63) is 39.6 Å². The third-order valence-electron chi connectivity index (χ3n) is 5.34. The number of hydrogen-bond acceptors (Lipinski definition) is 8. The quantitative estimate of drug-likeness (QED) is 0.523. The molecule has 0 saturated carbocycles. The second-order valence-corrected chi connectivity index (χ2v) is 9.25. The van der Waals surface area contributed by atoms with Gasteiger partial charge in [-0.15, -0.1) is 22.7 Å². The largest absolute Gasteiger partial charge is 0.451 e. The normalized spacial score (nSPS) is 15.1. The Labute approximate surface area is 191 Å².